The maximum atomic E-state index is 12.9. The van der Waals surface area contributed by atoms with Crippen LogP contribution in [0.25, 0.3) is 10.6 Å². The molecule has 0 N–H and O–H groups in total. The third kappa shape index (κ3) is 4.36. The highest BCUT2D eigenvalue weighted by Crippen LogP contribution is 2.35. The molecule has 0 fully saturated rings. The SMILES string of the molecule is COc1ccc(-c2nc(C)c(C(=O)N(C)[C@H](C)CC(C)C)s2)cc1OC. The van der Waals surface area contributed by atoms with Crippen molar-refractivity contribution in [2.24, 2.45) is 5.92 Å². The highest BCUT2D eigenvalue weighted by atomic mass is 32.1. The summed E-state index contributed by atoms with van der Waals surface area (Å²) in [4.78, 5) is 20.0. The van der Waals surface area contributed by atoms with Crippen LogP contribution in [0.3, 0.4) is 0 Å². The summed E-state index contributed by atoms with van der Waals surface area (Å²) >= 11 is 1.42. The van der Waals surface area contributed by atoms with Crippen molar-refractivity contribution in [3.05, 3.63) is 28.8 Å². The third-order valence-electron chi connectivity index (χ3n) is 4.42. The van der Waals surface area contributed by atoms with Crippen LogP contribution < -0.4 is 9.47 Å². The van der Waals surface area contributed by atoms with E-state index in [0.717, 1.165) is 22.7 Å². The van der Waals surface area contributed by atoms with Crippen molar-refractivity contribution >= 4 is 17.2 Å². The van der Waals surface area contributed by atoms with Crippen molar-refractivity contribution < 1.29 is 14.3 Å². The van der Waals surface area contributed by atoms with E-state index < -0.39 is 0 Å². The number of methoxy groups -OCH3 is 2. The highest BCUT2D eigenvalue weighted by Gasteiger charge is 2.23. The Morgan fingerprint density at radius 1 is 1.19 bits per heavy atom. The third-order valence-corrected chi connectivity index (χ3v) is 5.61. The standard InChI is InChI=1S/C20H28N2O3S/c1-12(2)10-13(3)22(5)20(23)18-14(4)21-19(26-18)15-8-9-16(24-6)17(11-15)25-7/h8-9,11-13H,10H2,1-7H3/t13-/m1/s1. The molecule has 142 valence electrons. The Bertz CT molecular complexity index is 770. The molecule has 2 rings (SSSR count). The molecule has 5 nitrogen and oxygen atoms in total. The molecule has 1 amide bonds. The van der Waals surface area contributed by atoms with Gasteiger partial charge < -0.3 is 14.4 Å². The minimum absolute atomic E-state index is 0.0277. The molecule has 1 aromatic heterocycles. The van der Waals surface area contributed by atoms with Crippen LogP contribution >= 0.6 is 11.3 Å². The van der Waals surface area contributed by atoms with E-state index in [4.69, 9.17) is 9.47 Å². The van der Waals surface area contributed by atoms with Gasteiger partial charge in [0.2, 0.25) is 0 Å². The van der Waals surface area contributed by atoms with Crippen molar-refractivity contribution in [3.63, 3.8) is 0 Å². The van der Waals surface area contributed by atoms with E-state index in [-0.39, 0.29) is 11.9 Å². The Morgan fingerprint density at radius 2 is 1.85 bits per heavy atom. The van der Waals surface area contributed by atoms with Crippen molar-refractivity contribution in [1.29, 1.82) is 0 Å². The van der Waals surface area contributed by atoms with Gasteiger partial charge in [-0.1, -0.05) is 13.8 Å². The fourth-order valence-electron chi connectivity index (χ4n) is 2.89. The quantitative estimate of drug-likeness (QED) is 0.706. The molecule has 6 heteroatoms. The number of benzene rings is 1. The second-order valence-electron chi connectivity index (χ2n) is 6.90. The lowest BCUT2D eigenvalue weighted by atomic mass is 10.0. The van der Waals surface area contributed by atoms with Crippen LogP contribution in [0.4, 0.5) is 0 Å². The van der Waals surface area contributed by atoms with E-state index in [2.05, 4.69) is 25.8 Å². The molecular formula is C20H28N2O3S. The highest BCUT2D eigenvalue weighted by molar-refractivity contribution is 7.17. The Kier molecular flexibility index (Phi) is 6.64. The maximum absolute atomic E-state index is 12.9. The first kappa shape index (κ1) is 20.2. The summed E-state index contributed by atoms with van der Waals surface area (Å²) in [6.07, 6.45) is 0.975. The van der Waals surface area contributed by atoms with Crippen LogP contribution in [0.2, 0.25) is 0 Å². The van der Waals surface area contributed by atoms with Crippen molar-refractivity contribution in [1.82, 2.24) is 9.88 Å². The first-order valence-electron chi connectivity index (χ1n) is 8.75. The van der Waals surface area contributed by atoms with Crippen LogP contribution in [0.15, 0.2) is 18.2 Å². The molecule has 2 aromatic rings. The lowest BCUT2D eigenvalue weighted by molar-refractivity contribution is 0.0732. The Morgan fingerprint density at radius 3 is 2.42 bits per heavy atom. The monoisotopic (exact) mass is 376 g/mol. The molecule has 0 spiro atoms. The van der Waals surface area contributed by atoms with E-state index in [1.54, 1.807) is 14.2 Å². The van der Waals surface area contributed by atoms with E-state index in [1.807, 2.05) is 37.1 Å². The molecule has 1 atom stereocenters. The van der Waals surface area contributed by atoms with Gasteiger partial charge in [0.15, 0.2) is 11.5 Å². The second kappa shape index (κ2) is 8.54. The molecule has 0 aliphatic carbocycles. The zero-order valence-electron chi connectivity index (χ0n) is 16.6. The van der Waals surface area contributed by atoms with Gasteiger partial charge in [0.1, 0.15) is 9.88 Å². The zero-order chi connectivity index (χ0) is 19.4. The number of hydrogen-bond acceptors (Lipinski definition) is 5. The Labute approximate surface area is 160 Å². The molecule has 0 saturated carbocycles. The molecule has 0 bridgehead atoms. The normalized spacial score (nSPS) is 12.2. The van der Waals surface area contributed by atoms with Gasteiger partial charge in [0.25, 0.3) is 5.91 Å². The van der Waals surface area contributed by atoms with Crippen LogP contribution in [0.1, 0.15) is 42.6 Å². The number of carbonyl (C=O) groups is 1. The largest absolute Gasteiger partial charge is 0.493 e. The van der Waals surface area contributed by atoms with Gasteiger partial charge in [0, 0.05) is 18.7 Å². The summed E-state index contributed by atoms with van der Waals surface area (Å²) in [7, 11) is 5.08. The summed E-state index contributed by atoms with van der Waals surface area (Å²) < 4.78 is 10.6. The van der Waals surface area contributed by atoms with Crippen molar-refractivity contribution in [2.75, 3.05) is 21.3 Å². The summed E-state index contributed by atoms with van der Waals surface area (Å²) in [5.74, 6) is 1.89. The summed E-state index contributed by atoms with van der Waals surface area (Å²) in [5.41, 5.74) is 1.67. The Hall–Kier alpha value is -2.08. The maximum Gasteiger partial charge on any atom is 0.265 e. The van der Waals surface area contributed by atoms with Crippen molar-refractivity contribution in [2.45, 2.75) is 40.2 Å². The van der Waals surface area contributed by atoms with Crippen molar-refractivity contribution in [3.8, 4) is 22.1 Å². The minimum atomic E-state index is 0.0277. The number of thiazole rings is 1. The first-order chi connectivity index (χ1) is 12.3. The lowest BCUT2D eigenvalue weighted by Gasteiger charge is -2.26. The molecule has 0 aliphatic rings. The van der Waals surface area contributed by atoms with Crippen LogP contribution in [-0.2, 0) is 0 Å². The molecule has 1 heterocycles. The molecule has 1 aromatic carbocycles. The lowest BCUT2D eigenvalue weighted by Crippen LogP contribution is -2.35. The average Bonchev–Trinajstić information content (AvgIpc) is 3.00. The van der Waals surface area contributed by atoms with Crippen LogP contribution in [-0.4, -0.2) is 43.1 Å². The van der Waals surface area contributed by atoms with E-state index >= 15 is 0 Å². The van der Waals surface area contributed by atoms with Gasteiger partial charge in [-0.15, -0.1) is 11.3 Å². The predicted molar refractivity (Wildman–Crippen MR) is 106 cm³/mol. The Balaban J connectivity index is 2.30. The smallest absolute Gasteiger partial charge is 0.265 e. The van der Waals surface area contributed by atoms with E-state index in [1.165, 1.54) is 11.3 Å². The molecule has 0 aliphatic heterocycles. The average molecular weight is 377 g/mol. The van der Waals surface area contributed by atoms with Gasteiger partial charge in [-0.2, -0.15) is 0 Å². The van der Waals surface area contributed by atoms with E-state index in [0.29, 0.717) is 22.3 Å². The topological polar surface area (TPSA) is 51.7 Å². The van der Waals surface area contributed by atoms with Crippen LogP contribution in [0, 0.1) is 12.8 Å². The predicted octanol–water partition coefficient (Wildman–Crippen LogP) is 4.64. The zero-order valence-corrected chi connectivity index (χ0v) is 17.4. The number of carbonyl (C=O) groups excluding carboxylic acids is 1. The summed E-state index contributed by atoms with van der Waals surface area (Å²) in [5, 5.41) is 0.803. The van der Waals surface area contributed by atoms with Gasteiger partial charge in [-0.05, 0) is 44.4 Å². The number of aromatic nitrogens is 1. The molecule has 26 heavy (non-hydrogen) atoms. The second-order valence-corrected chi connectivity index (χ2v) is 7.90. The molecular weight excluding hydrogens is 348 g/mol. The van der Waals surface area contributed by atoms with Gasteiger partial charge in [-0.3, -0.25) is 4.79 Å². The number of ether oxygens (including phenoxy) is 2. The fourth-order valence-corrected chi connectivity index (χ4v) is 3.93. The fraction of sp³-hybridized carbons (Fsp3) is 0.500. The number of aryl methyl sites for hydroxylation is 1. The number of hydrogen-bond donors (Lipinski definition) is 0. The number of rotatable bonds is 7. The number of nitrogens with zero attached hydrogens (tertiary/aromatic N) is 2. The number of amides is 1. The van der Waals surface area contributed by atoms with E-state index in [9.17, 15) is 4.79 Å². The molecule has 0 unspecified atom stereocenters. The van der Waals surface area contributed by atoms with Gasteiger partial charge in [-0.25, -0.2) is 4.98 Å². The first-order valence-corrected chi connectivity index (χ1v) is 9.57. The molecule has 0 radical (unpaired) electrons. The molecule has 0 saturated heterocycles. The summed E-state index contributed by atoms with van der Waals surface area (Å²) in [6, 6.07) is 5.85. The van der Waals surface area contributed by atoms with Gasteiger partial charge in [0.05, 0.1) is 19.9 Å². The minimum Gasteiger partial charge on any atom is -0.493 e. The van der Waals surface area contributed by atoms with Gasteiger partial charge >= 0.3 is 0 Å². The van der Waals surface area contributed by atoms with Crippen LogP contribution in [0.5, 0.6) is 11.5 Å². The summed E-state index contributed by atoms with van der Waals surface area (Å²) in [6.45, 7) is 8.31.